The number of hydrogen-bond acceptors (Lipinski definition) is 4. The van der Waals surface area contributed by atoms with Crippen LogP contribution < -0.4 is 10.6 Å². The summed E-state index contributed by atoms with van der Waals surface area (Å²) in [6.45, 7) is 10.7. The van der Waals surface area contributed by atoms with Gasteiger partial charge in [-0.3, -0.25) is 14.9 Å². The van der Waals surface area contributed by atoms with Crippen molar-refractivity contribution < 1.29 is 0 Å². The third kappa shape index (κ3) is 7.45. The first-order valence-corrected chi connectivity index (χ1v) is 8.11. The van der Waals surface area contributed by atoms with Gasteiger partial charge in [0.2, 0.25) is 0 Å². The summed E-state index contributed by atoms with van der Waals surface area (Å²) in [5, 5.41) is 6.66. The van der Waals surface area contributed by atoms with Gasteiger partial charge in [0.1, 0.15) is 0 Å². The van der Waals surface area contributed by atoms with E-state index in [1.54, 1.807) is 7.05 Å². The number of nitrogens with one attached hydrogen (secondary N) is 2. The van der Waals surface area contributed by atoms with Crippen LogP contribution in [0.2, 0.25) is 0 Å². The molecule has 0 amide bonds. The summed E-state index contributed by atoms with van der Waals surface area (Å²) in [5.74, 6) is 0.831. The smallest absolute Gasteiger partial charge is 0.191 e. The quantitative estimate of drug-likeness (QED) is 0.399. The first kappa shape index (κ1) is 20.1. The topological polar surface area (TPSA) is 55.8 Å². The third-order valence-corrected chi connectivity index (χ3v) is 4.02. The number of aliphatic imine (C=N–C) groups is 1. The molecule has 23 heavy (non-hydrogen) atoms. The van der Waals surface area contributed by atoms with Crippen LogP contribution in [0.4, 0.5) is 0 Å². The van der Waals surface area contributed by atoms with Crippen LogP contribution in [-0.4, -0.2) is 73.6 Å². The van der Waals surface area contributed by atoms with Gasteiger partial charge in [0, 0.05) is 52.5 Å². The lowest BCUT2D eigenvalue weighted by Crippen LogP contribution is -2.49. The van der Waals surface area contributed by atoms with Gasteiger partial charge in [-0.1, -0.05) is 13.0 Å². The Morgan fingerprint density at radius 3 is 2.52 bits per heavy atom. The summed E-state index contributed by atoms with van der Waals surface area (Å²) in [5.41, 5.74) is 1.01. The molecular formula is C16H29IN6. The summed E-state index contributed by atoms with van der Waals surface area (Å²) in [4.78, 5) is 13.5. The fourth-order valence-electron chi connectivity index (χ4n) is 2.56. The van der Waals surface area contributed by atoms with E-state index in [1.165, 1.54) is 13.1 Å². The lowest BCUT2D eigenvalue weighted by atomic mass is 10.3. The predicted octanol–water partition coefficient (Wildman–Crippen LogP) is 1.00. The molecule has 0 radical (unpaired) electrons. The lowest BCUT2D eigenvalue weighted by Gasteiger charge is -2.34. The number of nitrogens with zero attached hydrogens (tertiary/aromatic N) is 4. The van der Waals surface area contributed by atoms with E-state index in [-0.39, 0.29) is 24.0 Å². The summed E-state index contributed by atoms with van der Waals surface area (Å²) in [6, 6.07) is 5.93. The first-order valence-electron chi connectivity index (χ1n) is 8.11. The maximum absolute atomic E-state index is 4.30. The number of halogens is 1. The SMILES string of the molecule is CCN1CCN(CCNC(=NC)NCc2ccccn2)CC1.I. The second-order valence-corrected chi connectivity index (χ2v) is 5.45. The molecule has 0 aromatic carbocycles. The molecule has 0 aliphatic carbocycles. The molecule has 2 heterocycles. The normalized spacial score (nSPS) is 16.7. The van der Waals surface area contributed by atoms with Crippen molar-refractivity contribution in [1.82, 2.24) is 25.4 Å². The van der Waals surface area contributed by atoms with Crippen molar-refractivity contribution in [1.29, 1.82) is 0 Å². The van der Waals surface area contributed by atoms with Gasteiger partial charge >= 0.3 is 0 Å². The number of rotatable bonds is 6. The lowest BCUT2D eigenvalue weighted by molar-refractivity contribution is 0.139. The van der Waals surface area contributed by atoms with Crippen molar-refractivity contribution in [3.63, 3.8) is 0 Å². The number of likely N-dealkylation sites (N-methyl/N-ethyl adjacent to an activating group) is 1. The molecule has 2 rings (SSSR count). The van der Waals surface area contributed by atoms with E-state index in [4.69, 9.17) is 0 Å². The van der Waals surface area contributed by atoms with Crippen LogP contribution in [-0.2, 0) is 6.54 Å². The molecule has 7 heteroatoms. The Balaban J connectivity index is 0.00000264. The standard InChI is InChI=1S/C16H28N6.HI/c1-3-21-10-12-22(13-11-21)9-8-19-16(17-2)20-14-15-6-4-5-7-18-15;/h4-7H,3,8-14H2,1-2H3,(H2,17,19,20);1H. The van der Waals surface area contributed by atoms with Crippen LogP contribution in [0.3, 0.4) is 0 Å². The minimum absolute atomic E-state index is 0. The van der Waals surface area contributed by atoms with E-state index in [0.29, 0.717) is 6.54 Å². The zero-order chi connectivity index (χ0) is 15.6. The molecule has 0 bridgehead atoms. The summed E-state index contributed by atoms with van der Waals surface area (Å²) >= 11 is 0. The van der Waals surface area contributed by atoms with E-state index in [2.05, 4.69) is 37.3 Å². The van der Waals surface area contributed by atoms with Gasteiger partial charge in [-0.2, -0.15) is 0 Å². The molecule has 1 aromatic rings. The summed E-state index contributed by atoms with van der Waals surface area (Å²) < 4.78 is 0. The molecule has 1 aromatic heterocycles. The Kier molecular flexibility index (Phi) is 10.1. The minimum Gasteiger partial charge on any atom is -0.355 e. The molecule has 0 atom stereocenters. The Hall–Kier alpha value is -0.930. The highest BCUT2D eigenvalue weighted by Gasteiger charge is 2.14. The van der Waals surface area contributed by atoms with Crippen molar-refractivity contribution in [2.75, 3.05) is 52.9 Å². The highest BCUT2D eigenvalue weighted by atomic mass is 127. The van der Waals surface area contributed by atoms with Gasteiger partial charge in [0.15, 0.2) is 5.96 Å². The monoisotopic (exact) mass is 432 g/mol. The predicted molar refractivity (Wildman–Crippen MR) is 106 cm³/mol. The number of aromatic nitrogens is 1. The van der Waals surface area contributed by atoms with Crippen LogP contribution >= 0.6 is 24.0 Å². The van der Waals surface area contributed by atoms with E-state index in [0.717, 1.165) is 44.4 Å². The maximum Gasteiger partial charge on any atom is 0.191 e. The van der Waals surface area contributed by atoms with Crippen molar-refractivity contribution in [2.24, 2.45) is 4.99 Å². The zero-order valence-corrected chi connectivity index (χ0v) is 16.5. The van der Waals surface area contributed by atoms with E-state index in [1.807, 2.05) is 24.4 Å². The third-order valence-electron chi connectivity index (χ3n) is 4.02. The van der Waals surface area contributed by atoms with E-state index >= 15 is 0 Å². The number of hydrogen-bond donors (Lipinski definition) is 2. The molecule has 1 fully saturated rings. The molecule has 130 valence electrons. The van der Waals surface area contributed by atoms with Gasteiger partial charge in [0.25, 0.3) is 0 Å². The fraction of sp³-hybridized carbons (Fsp3) is 0.625. The number of piperazine rings is 1. The van der Waals surface area contributed by atoms with Gasteiger partial charge in [0.05, 0.1) is 12.2 Å². The van der Waals surface area contributed by atoms with Gasteiger partial charge in [-0.05, 0) is 18.7 Å². The molecule has 1 saturated heterocycles. The highest BCUT2D eigenvalue weighted by Crippen LogP contribution is 1.99. The largest absolute Gasteiger partial charge is 0.355 e. The number of pyridine rings is 1. The Bertz CT molecular complexity index is 445. The molecule has 6 nitrogen and oxygen atoms in total. The average Bonchev–Trinajstić information content (AvgIpc) is 2.59. The Morgan fingerprint density at radius 2 is 1.91 bits per heavy atom. The Labute approximate surface area is 156 Å². The molecule has 0 saturated carbocycles. The highest BCUT2D eigenvalue weighted by molar-refractivity contribution is 14.0. The molecular weight excluding hydrogens is 403 g/mol. The fourth-order valence-corrected chi connectivity index (χ4v) is 2.56. The van der Waals surface area contributed by atoms with Crippen molar-refractivity contribution in [2.45, 2.75) is 13.5 Å². The Morgan fingerprint density at radius 1 is 1.17 bits per heavy atom. The second-order valence-electron chi connectivity index (χ2n) is 5.45. The van der Waals surface area contributed by atoms with Crippen molar-refractivity contribution in [3.05, 3.63) is 30.1 Å². The number of guanidine groups is 1. The van der Waals surface area contributed by atoms with Crippen LogP contribution in [0.1, 0.15) is 12.6 Å². The van der Waals surface area contributed by atoms with Crippen molar-refractivity contribution >= 4 is 29.9 Å². The van der Waals surface area contributed by atoms with Gasteiger partial charge < -0.3 is 15.5 Å². The van der Waals surface area contributed by atoms with Crippen LogP contribution in [0.15, 0.2) is 29.4 Å². The van der Waals surface area contributed by atoms with Crippen LogP contribution in [0, 0.1) is 0 Å². The van der Waals surface area contributed by atoms with E-state index in [9.17, 15) is 0 Å². The van der Waals surface area contributed by atoms with Gasteiger partial charge in [-0.15, -0.1) is 24.0 Å². The molecule has 0 unspecified atom stereocenters. The molecule has 0 spiro atoms. The maximum atomic E-state index is 4.30. The molecule has 1 aliphatic heterocycles. The first-order chi connectivity index (χ1) is 10.8. The summed E-state index contributed by atoms with van der Waals surface area (Å²) in [6.07, 6.45) is 1.81. The average molecular weight is 432 g/mol. The van der Waals surface area contributed by atoms with Crippen LogP contribution in [0.5, 0.6) is 0 Å². The van der Waals surface area contributed by atoms with Gasteiger partial charge in [-0.25, -0.2) is 0 Å². The second kappa shape index (κ2) is 11.6. The molecule has 1 aliphatic rings. The summed E-state index contributed by atoms with van der Waals surface area (Å²) in [7, 11) is 1.80. The van der Waals surface area contributed by atoms with Crippen LogP contribution in [0.25, 0.3) is 0 Å². The minimum atomic E-state index is 0. The zero-order valence-electron chi connectivity index (χ0n) is 14.2. The van der Waals surface area contributed by atoms with Crippen molar-refractivity contribution in [3.8, 4) is 0 Å². The van der Waals surface area contributed by atoms with E-state index < -0.39 is 0 Å². The molecule has 2 N–H and O–H groups in total.